The molecule has 0 spiro atoms. The van der Waals surface area contributed by atoms with Crippen molar-refractivity contribution in [2.45, 2.75) is 12.5 Å². The molecule has 1 unspecified atom stereocenters. The number of nitrogens with two attached hydrogens (primary N) is 1. The maximum atomic E-state index is 10.8. The molecule has 4 heteroatoms. The Hall–Kier alpha value is -1.39. The number of hydrogen-bond donors (Lipinski definition) is 1. The van der Waals surface area contributed by atoms with Crippen LogP contribution in [0.1, 0.15) is 16.8 Å². The molecule has 1 aromatic carbocycles. The second kappa shape index (κ2) is 6.98. The molecule has 1 atom stereocenters. The summed E-state index contributed by atoms with van der Waals surface area (Å²) in [4.78, 5) is 10.8. The van der Waals surface area contributed by atoms with E-state index in [-0.39, 0.29) is 5.97 Å². The van der Waals surface area contributed by atoms with Gasteiger partial charge in [0, 0.05) is 13.2 Å². The molecule has 0 saturated carbocycles. The van der Waals surface area contributed by atoms with Crippen molar-refractivity contribution in [1.29, 1.82) is 0 Å². The standard InChI is InChI=1S/C8H8O2.C4H9NO/c1-10-8(9)7-5-3-2-4-6-7;5-3-4-1-2-6-4/h2-6H,1H3;4H,1-3,5H2. The average Bonchev–Trinajstić information content (AvgIpc) is 2.28. The molecule has 1 aliphatic heterocycles. The van der Waals surface area contributed by atoms with Gasteiger partial charge in [0.15, 0.2) is 0 Å². The highest BCUT2D eigenvalue weighted by atomic mass is 16.5. The first-order valence-electron chi connectivity index (χ1n) is 5.23. The molecule has 1 aliphatic rings. The van der Waals surface area contributed by atoms with Gasteiger partial charge in [0.05, 0.1) is 18.8 Å². The lowest BCUT2D eigenvalue weighted by Gasteiger charge is -2.24. The number of carbonyl (C=O) groups is 1. The van der Waals surface area contributed by atoms with Crippen LogP contribution in [0.4, 0.5) is 0 Å². The minimum atomic E-state index is -0.291. The lowest BCUT2D eigenvalue weighted by molar-refractivity contribution is -0.0435. The van der Waals surface area contributed by atoms with Gasteiger partial charge < -0.3 is 15.2 Å². The van der Waals surface area contributed by atoms with Crippen molar-refractivity contribution in [3.63, 3.8) is 0 Å². The molecule has 0 aromatic heterocycles. The summed E-state index contributed by atoms with van der Waals surface area (Å²) in [6.07, 6.45) is 1.56. The van der Waals surface area contributed by atoms with Gasteiger partial charge >= 0.3 is 5.97 Å². The number of methoxy groups -OCH3 is 1. The third-order valence-corrected chi connectivity index (χ3v) is 2.25. The Morgan fingerprint density at radius 1 is 1.50 bits per heavy atom. The Kier molecular flexibility index (Phi) is 5.53. The van der Waals surface area contributed by atoms with Crippen LogP contribution in [0, 0.1) is 0 Å². The molecular formula is C12H17NO3. The van der Waals surface area contributed by atoms with Gasteiger partial charge in [-0.25, -0.2) is 4.79 Å². The van der Waals surface area contributed by atoms with Gasteiger partial charge in [-0.05, 0) is 18.6 Å². The van der Waals surface area contributed by atoms with Crippen LogP contribution in [0.3, 0.4) is 0 Å². The van der Waals surface area contributed by atoms with Crippen LogP contribution in [0.25, 0.3) is 0 Å². The fourth-order valence-electron chi connectivity index (χ4n) is 1.16. The van der Waals surface area contributed by atoms with Gasteiger partial charge in [-0.3, -0.25) is 0 Å². The molecule has 0 aliphatic carbocycles. The van der Waals surface area contributed by atoms with Crippen LogP contribution >= 0.6 is 0 Å². The maximum Gasteiger partial charge on any atom is 0.337 e. The summed E-state index contributed by atoms with van der Waals surface area (Å²) < 4.78 is 9.45. The van der Waals surface area contributed by atoms with E-state index in [0.717, 1.165) is 13.0 Å². The number of benzene rings is 1. The monoisotopic (exact) mass is 223 g/mol. The van der Waals surface area contributed by atoms with Crippen molar-refractivity contribution in [3.8, 4) is 0 Å². The third kappa shape index (κ3) is 4.00. The average molecular weight is 223 g/mol. The molecule has 4 nitrogen and oxygen atoms in total. The lowest BCUT2D eigenvalue weighted by Crippen LogP contribution is -2.33. The van der Waals surface area contributed by atoms with Crippen LogP contribution < -0.4 is 5.73 Å². The minimum Gasteiger partial charge on any atom is -0.465 e. The topological polar surface area (TPSA) is 61.5 Å². The van der Waals surface area contributed by atoms with E-state index in [0.29, 0.717) is 18.2 Å². The summed E-state index contributed by atoms with van der Waals surface area (Å²) in [7, 11) is 1.37. The number of rotatable bonds is 2. The Bertz CT molecular complexity index is 307. The van der Waals surface area contributed by atoms with Crippen molar-refractivity contribution >= 4 is 5.97 Å². The van der Waals surface area contributed by atoms with Gasteiger partial charge in [0.1, 0.15) is 0 Å². The van der Waals surface area contributed by atoms with E-state index in [1.165, 1.54) is 7.11 Å². The molecule has 1 saturated heterocycles. The molecule has 0 amide bonds. The van der Waals surface area contributed by atoms with Crippen LogP contribution in [0.5, 0.6) is 0 Å². The molecule has 1 aromatic rings. The van der Waals surface area contributed by atoms with Crippen LogP contribution in [0.2, 0.25) is 0 Å². The van der Waals surface area contributed by atoms with E-state index in [1.807, 2.05) is 6.07 Å². The van der Waals surface area contributed by atoms with Gasteiger partial charge in [-0.2, -0.15) is 0 Å². The summed E-state index contributed by atoms with van der Waals surface area (Å²) in [6, 6.07) is 8.88. The zero-order chi connectivity index (χ0) is 11.8. The number of carbonyl (C=O) groups excluding carboxylic acids is 1. The summed E-state index contributed by atoms with van der Waals surface area (Å²) in [6.45, 7) is 1.61. The van der Waals surface area contributed by atoms with E-state index in [1.54, 1.807) is 24.3 Å². The molecular weight excluding hydrogens is 206 g/mol. The molecule has 1 heterocycles. The molecule has 2 rings (SSSR count). The number of esters is 1. The SMILES string of the molecule is COC(=O)c1ccccc1.NCC1CCO1. The predicted octanol–water partition coefficient (Wildman–Crippen LogP) is 1.21. The van der Waals surface area contributed by atoms with Gasteiger partial charge in [0.25, 0.3) is 0 Å². The van der Waals surface area contributed by atoms with Gasteiger partial charge in [0.2, 0.25) is 0 Å². The highest BCUT2D eigenvalue weighted by Gasteiger charge is 2.14. The quantitative estimate of drug-likeness (QED) is 0.765. The van der Waals surface area contributed by atoms with Crippen molar-refractivity contribution in [2.75, 3.05) is 20.3 Å². The fraction of sp³-hybridized carbons (Fsp3) is 0.417. The largest absolute Gasteiger partial charge is 0.465 e. The van der Waals surface area contributed by atoms with Crippen LogP contribution in [-0.2, 0) is 9.47 Å². The molecule has 0 radical (unpaired) electrons. The minimum absolute atomic E-state index is 0.291. The maximum absolute atomic E-state index is 10.8. The van der Waals surface area contributed by atoms with Crippen molar-refractivity contribution < 1.29 is 14.3 Å². The van der Waals surface area contributed by atoms with Crippen molar-refractivity contribution in [1.82, 2.24) is 0 Å². The van der Waals surface area contributed by atoms with E-state index in [4.69, 9.17) is 10.5 Å². The summed E-state index contributed by atoms with van der Waals surface area (Å²) in [5.74, 6) is -0.291. The van der Waals surface area contributed by atoms with E-state index in [9.17, 15) is 4.79 Å². The zero-order valence-electron chi connectivity index (χ0n) is 9.39. The Morgan fingerprint density at radius 3 is 2.44 bits per heavy atom. The Labute approximate surface area is 95.3 Å². The lowest BCUT2D eigenvalue weighted by atomic mass is 10.2. The number of ether oxygens (including phenoxy) is 2. The molecule has 88 valence electrons. The first-order valence-corrected chi connectivity index (χ1v) is 5.23. The second-order valence-electron chi connectivity index (χ2n) is 3.37. The fourth-order valence-corrected chi connectivity index (χ4v) is 1.16. The van der Waals surface area contributed by atoms with Crippen molar-refractivity contribution in [3.05, 3.63) is 35.9 Å². The first kappa shape index (κ1) is 12.7. The first-order chi connectivity index (χ1) is 7.77. The highest BCUT2D eigenvalue weighted by molar-refractivity contribution is 5.89. The Balaban J connectivity index is 0.000000181. The van der Waals surface area contributed by atoms with Crippen LogP contribution in [-0.4, -0.2) is 32.3 Å². The number of hydrogen-bond acceptors (Lipinski definition) is 4. The van der Waals surface area contributed by atoms with Gasteiger partial charge in [-0.1, -0.05) is 18.2 Å². The van der Waals surface area contributed by atoms with Gasteiger partial charge in [-0.15, -0.1) is 0 Å². The Morgan fingerprint density at radius 2 is 2.12 bits per heavy atom. The summed E-state index contributed by atoms with van der Waals surface area (Å²) in [5, 5.41) is 0. The molecule has 16 heavy (non-hydrogen) atoms. The predicted molar refractivity (Wildman–Crippen MR) is 61.2 cm³/mol. The zero-order valence-corrected chi connectivity index (χ0v) is 9.39. The molecule has 2 N–H and O–H groups in total. The smallest absolute Gasteiger partial charge is 0.337 e. The van der Waals surface area contributed by atoms with E-state index < -0.39 is 0 Å². The normalized spacial score (nSPS) is 17.8. The molecule has 0 bridgehead atoms. The van der Waals surface area contributed by atoms with E-state index >= 15 is 0 Å². The highest BCUT2D eigenvalue weighted by Crippen LogP contribution is 2.07. The summed E-state index contributed by atoms with van der Waals surface area (Å²) in [5.41, 5.74) is 5.80. The third-order valence-electron chi connectivity index (χ3n) is 2.25. The second-order valence-corrected chi connectivity index (χ2v) is 3.37. The van der Waals surface area contributed by atoms with Crippen molar-refractivity contribution in [2.24, 2.45) is 5.73 Å². The van der Waals surface area contributed by atoms with Crippen LogP contribution in [0.15, 0.2) is 30.3 Å². The molecule has 1 fully saturated rings. The van der Waals surface area contributed by atoms with E-state index in [2.05, 4.69) is 4.74 Å². The summed E-state index contributed by atoms with van der Waals surface area (Å²) >= 11 is 0.